The molecule has 2 amide bonds. The molecule has 0 saturated carbocycles. The van der Waals surface area contributed by atoms with Crippen molar-refractivity contribution in [2.45, 2.75) is 6.92 Å². The number of benzene rings is 2. The number of hydrogen-bond donors (Lipinski definition) is 2. The van der Waals surface area contributed by atoms with E-state index in [4.69, 9.17) is 0 Å². The second kappa shape index (κ2) is 7.58. The first-order valence-electron chi connectivity index (χ1n) is 6.57. The molecule has 0 aliphatic heterocycles. The summed E-state index contributed by atoms with van der Waals surface area (Å²) in [6.07, 6.45) is 0.121. The van der Waals surface area contributed by atoms with E-state index in [0.29, 0.717) is 11.4 Å². The molecule has 2 aromatic rings. The average molecular weight is 297 g/mol. The standard InChI is InChI=1S/C16H15N3O3/c1-12-7-9-14(10-8-12)18-15(20)11-17-22-16(21)19-13-5-3-2-4-6-13/h2-11H,1H3,(H,18,20)(H,19,21). The number of rotatable bonds is 4. The summed E-state index contributed by atoms with van der Waals surface area (Å²) in [5.74, 6) is -0.489. The smallest absolute Gasteiger partial charge is 0.321 e. The van der Waals surface area contributed by atoms with Crippen LogP contribution in [0, 0.1) is 6.92 Å². The second-order valence-electron chi connectivity index (χ2n) is 4.46. The summed E-state index contributed by atoms with van der Waals surface area (Å²) in [4.78, 5) is 27.5. The van der Waals surface area contributed by atoms with E-state index in [9.17, 15) is 9.59 Å². The van der Waals surface area contributed by atoms with Gasteiger partial charge < -0.3 is 5.32 Å². The fourth-order valence-corrected chi connectivity index (χ4v) is 1.60. The predicted octanol–water partition coefficient (Wildman–Crippen LogP) is 3.17. The third-order valence-electron chi connectivity index (χ3n) is 2.64. The van der Waals surface area contributed by atoms with Crippen molar-refractivity contribution in [1.29, 1.82) is 0 Å². The van der Waals surface area contributed by atoms with Gasteiger partial charge >= 0.3 is 6.09 Å². The van der Waals surface area contributed by atoms with Gasteiger partial charge in [0.15, 0.2) is 0 Å². The minimum Gasteiger partial charge on any atom is -0.321 e. The van der Waals surface area contributed by atoms with Crippen molar-refractivity contribution >= 4 is 29.6 Å². The highest BCUT2D eigenvalue weighted by Gasteiger charge is 2.03. The Morgan fingerprint density at radius 3 is 2.27 bits per heavy atom. The maximum Gasteiger partial charge on any atom is 0.437 e. The normalized spacial score (nSPS) is 10.2. The molecule has 2 rings (SSSR count). The molecule has 112 valence electrons. The number of anilines is 2. The van der Waals surface area contributed by atoms with Gasteiger partial charge in [-0.25, -0.2) is 4.79 Å². The van der Waals surface area contributed by atoms with Gasteiger partial charge in [0, 0.05) is 11.4 Å². The number of oxime groups is 1. The molecule has 2 aromatic carbocycles. The van der Waals surface area contributed by atoms with Gasteiger partial charge in [-0.3, -0.25) is 14.9 Å². The highest BCUT2D eigenvalue weighted by atomic mass is 16.7. The first-order valence-corrected chi connectivity index (χ1v) is 6.57. The monoisotopic (exact) mass is 297 g/mol. The summed E-state index contributed by atoms with van der Waals surface area (Å²) >= 11 is 0. The van der Waals surface area contributed by atoms with E-state index in [1.807, 2.05) is 25.1 Å². The summed E-state index contributed by atoms with van der Waals surface area (Å²) in [6, 6.07) is 16.1. The molecule has 0 aliphatic rings. The van der Waals surface area contributed by atoms with Crippen molar-refractivity contribution < 1.29 is 14.4 Å². The van der Waals surface area contributed by atoms with E-state index in [1.54, 1.807) is 36.4 Å². The van der Waals surface area contributed by atoms with E-state index in [-0.39, 0.29) is 0 Å². The van der Waals surface area contributed by atoms with Crippen molar-refractivity contribution in [2.75, 3.05) is 10.6 Å². The summed E-state index contributed by atoms with van der Waals surface area (Å²) in [5.41, 5.74) is 2.30. The molecule has 2 N–H and O–H groups in total. The van der Waals surface area contributed by atoms with Crippen molar-refractivity contribution in [1.82, 2.24) is 0 Å². The Morgan fingerprint density at radius 1 is 0.955 bits per heavy atom. The van der Waals surface area contributed by atoms with Crippen molar-refractivity contribution in [3.05, 3.63) is 60.2 Å². The van der Waals surface area contributed by atoms with Crippen LogP contribution in [0.3, 0.4) is 0 Å². The van der Waals surface area contributed by atoms with Gasteiger partial charge in [0.2, 0.25) is 0 Å². The number of para-hydroxylation sites is 1. The van der Waals surface area contributed by atoms with Gasteiger partial charge in [-0.15, -0.1) is 0 Å². The molecule has 0 heterocycles. The van der Waals surface area contributed by atoms with Gasteiger partial charge in [0.25, 0.3) is 5.91 Å². The first-order chi connectivity index (χ1) is 10.6. The highest BCUT2D eigenvalue weighted by molar-refractivity contribution is 6.31. The van der Waals surface area contributed by atoms with Crippen LogP contribution in [0.4, 0.5) is 16.2 Å². The zero-order chi connectivity index (χ0) is 15.8. The fourth-order valence-electron chi connectivity index (χ4n) is 1.60. The number of aryl methyl sites for hydroxylation is 1. The van der Waals surface area contributed by atoms with Gasteiger partial charge in [-0.05, 0) is 31.2 Å². The maximum absolute atomic E-state index is 11.6. The Labute approximate surface area is 127 Å². The molecule has 0 saturated heterocycles. The largest absolute Gasteiger partial charge is 0.437 e. The van der Waals surface area contributed by atoms with Crippen LogP contribution in [0.25, 0.3) is 0 Å². The van der Waals surface area contributed by atoms with Gasteiger partial charge in [-0.1, -0.05) is 41.1 Å². The summed E-state index contributed by atoms with van der Waals surface area (Å²) in [5, 5.41) is 8.39. The number of carbonyl (C=O) groups excluding carboxylic acids is 2. The quantitative estimate of drug-likeness (QED) is 0.517. The van der Waals surface area contributed by atoms with Gasteiger partial charge in [-0.2, -0.15) is 0 Å². The molecule has 0 unspecified atom stereocenters. The Morgan fingerprint density at radius 2 is 1.59 bits per heavy atom. The molecule has 0 atom stereocenters. The lowest BCUT2D eigenvalue weighted by molar-refractivity contribution is -0.110. The molecular weight excluding hydrogens is 282 g/mol. The van der Waals surface area contributed by atoms with E-state index in [2.05, 4.69) is 20.6 Å². The van der Waals surface area contributed by atoms with Crippen LogP contribution in [0.1, 0.15) is 5.56 Å². The number of hydrogen-bond acceptors (Lipinski definition) is 4. The zero-order valence-electron chi connectivity index (χ0n) is 11.9. The van der Waals surface area contributed by atoms with Crippen LogP contribution in [0.2, 0.25) is 0 Å². The van der Waals surface area contributed by atoms with E-state index < -0.39 is 12.0 Å². The summed E-state index contributed by atoms with van der Waals surface area (Å²) in [7, 11) is 0. The molecule has 0 aliphatic carbocycles. The molecule has 22 heavy (non-hydrogen) atoms. The summed E-state index contributed by atoms with van der Waals surface area (Å²) in [6.45, 7) is 1.95. The van der Waals surface area contributed by atoms with Crippen LogP contribution in [0.5, 0.6) is 0 Å². The van der Waals surface area contributed by atoms with Gasteiger partial charge in [0.05, 0.1) is 0 Å². The van der Waals surface area contributed by atoms with Crippen LogP contribution < -0.4 is 10.6 Å². The average Bonchev–Trinajstić information content (AvgIpc) is 2.50. The number of nitrogens with zero attached hydrogens (tertiary/aromatic N) is 1. The number of carbonyl (C=O) groups is 2. The predicted molar refractivity (Wildman–Crippen MR) is 84.8 cm³/mol. The Hall–Kier alpha value is -3.15. The zero-order valence-corrected chi connectivity index (χ0v) is 11.9. The van der Waals surface area contributed by atoms with Crippen molar-refractivity contribution in [3.63, 3.8) is 0 Å². The van der Waals surface area contributed by atoms with Gasteiger partial charge in [0.1, 0.15) is 6.21 Å². The number of nitrogens with one attached hydrogen (secondary N) is 2. The topological polar surface area (TPSA) is 79.8 Å². The molecule has 0 spiro atoms. The molecule has 6 heteroatoms. The Bertz CT molecular complexity index is 667. The van der Waals surface area contributed by atoms with E-state index >= 15 is 0 Å². The molecule has 0 bridgehead atoms. The van der Waals surface area contributed by atoms with Crippen LogP contribution >= 0.6 is 0 Å². The highest BCUT2D eigenvalue weighted by Crippen LogP contribution is 2.08. The lowest BCUT2D eigenvalue weighted by Gasteiger charge is -2.02. The lowest BCUT2D eigenvalue weighted by atomic mass is 10.2. The molecule has 0 radical (unpaired) electrons. The minimum atomic E-state index is -0.773. The van der Waals surface area contributed by atoms with Crippen LogP contribution in [-0.2, 0) is 9.63 Å². The molecular formula is C16H15N3O3. The first kappa shape index (κ1) is 15.2. The van der Waals surface area contributed by atoms with Crippen LogP contribution in [-0.4, -0.2) is 18.2 Å². The molecule has 0 fully saturated rings. The molecule has 0 aromatic heterocycles. The third-order valence-corrected chi connectivity index (χ3v) is 2.64. The maximum atomic E-state index is 11.6. The van der Waals surface area contributed by atoms with Crippen molar-refractivity contribution in [2.24, 2.45) is 5.16 Å². The Balaban J connectivity index is 1.78. The second-order valence-corrected chi connectivity index (χ2v) is 4.46. The Kier molecular flexibility index (Phi) is 5.25. The third kappa shape index (κ3) is 5.09. The SMILES string of the molecule is Cc1ccc(NC(=O)C=NOC(=O)Nc2ccccc2)cc1. The lowest BCUT2D eigenvalue weighted by Crippen LogP contribution is -2.15. The van der Waals surface area contributed by atoms with Crippen LogP contribution in [0.15, 0.2) is 59.8 Å². The van der Waals surface area contributed by atoms with Crippen molar-refractivity contribution in [3.8, 4) is 0 Å². The fraction of sp³-hybridized carbons (Fsp3) is 0.0625. The molecule has 6 nitrogen and oxygen atoms in total. The van der Waals surface area contributed by atoms with E-state index in [1.165, 1.54) is 0 Å². The summed E-state index contributed by atoms with van der Waals surface area (Å²) < 4.78 is 0. The number of amides is 2. The van der Waals surface area contributed by atoms with E-state index in [0.717, 1.165) is 11.8 Å². The minimum absolute atomic E-state index is 0.489.